The molecular formula is C21H15N3O. The van der Waals surface area contributed by atoms with Crippen molar-refractivity contribution in [3.8, 4) is 39.4 Å². The Kier molecular flexibility index (Phi) is 3.92. The molecule has 4 heteroatoms. The Hall–Kier alpha value is -3.53. The average molecular weight is 325 g/mol. The summed E-state index contributed by atoms with van der Waals surface area (Å²) in [7, 11) is 0. The zero-order valence-electron chi connectivity index (χ0n) is 13.4. The van der Waals surface area contributed by atoms with Crippen molar-refractivity contribution in [2.45, 2.75) is 0 Å². The van der Waals surface area contributed by atoms with Gasteiger partial charge in [-0.25, -0.2) is 4.98 Å². The van der Waals surface area contributed by atoms with E-state index in [0.29, 0.717) is 0 Å². The first kappa shape index (κ1) is 15.0. The van der Waals surface area contributed by atoms with Crippen LogP contribution in [0.2, 0.25) is 0 Å². The highest BCUT2D eigenvalue weighted by Crippen LogP contribution is 2.30. The van der Waals surface area contributed by atoms with Gasteiger partial charge in [0.15, 0.2) is 0 Å². The number of phenolic OH excluding ortho intramolecular Hbond substituents is 1. The first-order chi connectivity index (χ1) is 12.3. The molecule has 3 heterocycles. The van der Waals surface area contributed by atoms with Crippen molar-refractivity contribution in [1.29, 1.82) is 0 Å². The maximum Gasteiger partial charge on any atom is 0.115 e. The van der Waals surface area contributed by atoms with Crippen molar-refractivity contribution in [2.75, 3.05) is 0 Å². The van der Waals surface area contributed by atoms with E-state index in [0.717, 1.165) is 33.6 Å². The smallest absolute Gasteiger partial charge is 0.115 e. The molecule has 25 heavy (non-hydrogen) atoms. The maximum absolute atomic E-state index is 9.54. The molecule has 4 rings (SSSR count). The van der Waals surface area contributed by atoms with Crippen LogP contribution in [0, 0.1) is 0 Å². The van der Waals surface area contributed by atoms with Gasteiger partial charge in [0.25, 0.3) is 0 Å². The Morgan fingerprint density at radius 1 is 0.520 bits per heavy atom. The summed E-state index contributed by atoms with van der Waals surface area (Å²) < 4.78 is 0. The molecule has 0 amide bonds. The molecule has 0 radical (unpaired) electrons. The second-order valence-corrected chi connectivity index (χ2v) is 5.64. The molecule has 0 spiro atoms. The van der Waals surface area contributed by atoms with Gasteiger partial charge in [-0.1, -0.05) is 12.1 Å². The summed E-state index contributed by atoms with van der Waals surface area (Å²) in [5, 5.41) is 9.54. The third kappa shape index (κ3) is 3.23. The highest BCUT2D eigenvalue weighted by molar-refractivity contribution is 5.76. The average Bonchev–Trinajstić information content (AvgIpc) is 2.69. The second-order valence-electron chi connectivity index (χ2n) is 5.64. The van der Waals surface area contributed by atoms with Crippen molar-refractivity contribution in [3.63, 3.8) is 0 Å². The van der Waals surface area contributed by atoms with E-state index in [1.165, 1.54) is 0 Å². The summed E-state index contributed by atoms with van der Waals surface area (Å²) in [6.45, 7) is 0. The molecule has 0 aliphatic heterocycles. The van der Waals surface area contributed by atoms with Crippen LogP contribution in [-0.2, 0) is 0 Å². The number of hydrogen-bond acceptors (Lipinski definition) is 4. The van der Waals surface area contributed by atoms with Gasteiger partial charge >= 0.3 is 0 Å². The van der Waals surface area contributed by atoms with E-state index in [1.54, 1.807) is 36.9 Å². The first-order valence-electron chi connectivity index (χ1n) is 7.92. The van der Waals surface area contributed by atoms with Crippen LogP contribution in [0.4, 0.5) is 0 Å². The SMILES string of the molecule is Oc1ccc(-c2cc(-c3ccncc3)nc(-c3ccncc3)c2)cc1. The van der Waals surface area contributed by atoms with Crippen LogP contribution in [0.3, 0.4) is 0 Å². The van der Waals surface area contributed by atoms with E-state index in [1.807, 2.05) is 48.5 Å². The predicted octanol–water partition coefficient (Wildman–Crippen LogP) is 4.58. The van der Waals surface area contributed by atoms with Crippen molar-refractivity contribution >= 4 is 0 Å². The van der Waals surface area contributed by atoms with E-state index in [9.17, 15) is 5.11 Å². The largest absolute Gasteiger partial charge is 0.508 e. The molecule has 4 aromatic rings. The van der Waals surface area contributed by atoms with Crippen LogP contribution in [0.5, 0.6) is 5.75 Å². The number of hydrogen-bond donors (Lipinski definition) is 1. The Balaban J connectivity index is 1.90. The third-order valence-electron chi connectivity index (χ3n) is 3.98. The third-order valence-corrected chi connectivity index (χ3v) is 3.98. The first-order valence-corrected chi connectivity index (χ1v) is 7.92. The summed E-state index contributed by atoms with van der Waals surface area (Å²) in [4.78, 5) is 13.0. The van der Waals surface area contributed by atoms with Crippen molar-refractivity contribution in [3.05, 3.63) is 85.5 Å². The monoisotopic (exact) mass is 325 g/mol. The molecule has 0 fully saturated rings. The number of nitrogens with zero attached hydrogens (tertiary/aromatic N) is 3. The fraction of sp³-hybridized carbons (Fsp3) is 0. The van der Waals surface area contributed by atoms with Gasteiger partial charge in [-0.15, -0.1) is 0 Å². The highest BCUT2D eigenvalue weighted by atomic mass is 16.3. The molecule has 0 aliphatic carbocycles. The molecule has 3 aromatic heterocycles. The minimum atomic E-state index is 0.251. The molecule has 0 unspecified atom stereocenters. The van der Waals surface area contributed by atoms with E-state index in [4.69, 9.17) is 4.98 Å². The van der Waals surface area contributed by atoms with Crippen LogP contribution in [-0.4, -0.2) is 20.1 Å². The molecule has 1 N–H and O–H groups in total. The van der Waals surface area contributed by atoms with Gasteiger partial charge in [0, 0.05) is 35.9 Å². The summed E-state index contributed by atoms with van der Waals surface area (Å²) in [5.41, 5.74) is 5.82. The normalized spacial score (nSPS) is 10.6. The van der Waals surface area contributed by atoms with Crippen molar-refractivity contribution < 1.29 is 5.11 Å². The lowest BCUT2D eigenvalue weighted by Gasteiger charge is -2.10. The second kappa shape index (κ2) is 6.53. The number of aromatic nitrogens is 3. The number of aromatic hydroxyl groups is 1. The Morgan fingerprint density at radius 2 is 1.00 bits per heavy atom. The maximum atomic E-state index is 9.54. The molecule has 1 aromatic carbocycles. The molecule has 0 saturated carbocycles. The number of pyridine rings is 3. The molecule has 0 bridgehead atoms. The van der Waals surface area contributed by atoms with Gasteiger partial charge in [0.1, 0.15) is 5.75 Å². The van der Waals surface area contributed by atoms with Gasteiger partial charge in [0.05, 0.1) is 11.4 Å². The summed E-state index contributed by atoms with van der Waals surface area (Å²) in [6, 6.07) is 19.0. The molecule has 4 nitrogen and oxygen atoms in total. The zero-order valence-corrected chi connectivity index (χ0v) is 13.4. The molecule has 0 atom stereocenters. The Labute approximate surface area is 145 Å². The van der Waals surface area contributed by atoms with Crippen LogP contribution >= 0.6 is 0 Å². The van der Waals surface area contributed by atoms with Gasteiger partial charge in [-0.2, -0.15) is 0 Å². The van der Waals surface area contributed by atoms with E-state index in [2.05, 4.69) is 9.97 Å². The fourth-order valence-electron chi connectivity index (χ4n) is 2.69. The van der Waals surface area contributed by atoms with Gasteiger partial charge < -0.3 is 5.11 Å². The number of benzene rings is 1. The predicted molar refractivity (Wildman–Crippen MR) is 97.8 cm³/mol. The molecule has 120 valence electrons. The topological polar surface area (TPSA) is 58.9 Å². The van der Waals surface area contributed by atoms with E-state index < -0.39 is 0 Å². The number of rotatable bonds is 3. The fourth-order valence-corrected chi connectivity index (χ4v) is 2.69. The van der Waals surface area contributed by atoms with E-state index >= 15 is 0 Å². The highest BCUT2D eigenvalue weighted by Gasteiger charge is 2.09. The Bertz CT molecular complexity index is 927. The van der Waals surface area contributed by atoms with Crippen molar-refractivity contribution in [1.82, 2.24) is 15.0 Å². The van der Waals surface area contributed by atoms with Crippen LogP contribution < -0.4 is 0 Å². The van der Waals surface area contributed by atoms with E-state index in [-0.39, 0.29) is 5.75 Å². The lowest BCUT2D eigenvalue weighted by atomic mass is 10.0. The molecule has 0 saturated heterocycles. The van der Waals surface area contributed by atoms with Crippen LogP contribution in [0.1, 0.15) is 0 Å². The molecular weight excluding hydrogens is 310 g/mol. The van der Waals surface area contributed by atoms with Gasteiger partial charge in [-0.3, -0.25) is 9.97 Å². The summed E-state index contributed by atoms with van der Waals surface area (Å²) in [6.07, 6.45) is 7.04. The number of phenols is 1. The molecule has 0 aliphatic rings. The summed E-state index contributed by atoms with van der Waals surface area (Å²) >= 11 is 0. The van der Waals surface area contributed by atoms with Gasteiger partial charge in [-0.05, 0) is 59.7 Å². The van der Waals surface area contributed by atoms with Crippen LogP contribution in [0.25, 0.3) is 33.6 Å². The summed E-state index contributed by atoms with van der Waals surface area (Å²) in [5.74, 6) is 0.251. The standard InChI is InChI=1S/C21H15N3O/c25-19-3-1-15(2-4-19)18-13-20(16-5-9-22-10-6-16)24-21(14-18)17-7-11-23-12-8-17/h1-14,25H. The minimum Gasteiger partial charge on any atom is -0.508 e. The minimum absolute atomic E-state index is 0.251. The Morgan fingerprint density at radius 3 is 1.48 bits per heavy atom. The van der Waals surface area contributed by atoms with Gasteiger partial charge in [0.2, 0.25) is 0 Å². The van der Waals surface area contributed by atoms with Crippen molar-refractivity contribution in [2.24, 2.45) is 0 Å². The lowest BCUT2D eigenvalue weighted by molar-refractivity contribution is 0.475. The van der Waals surface area contributed by atoms with Crippen LogP contribution in [0.15, 0.2) is 85.5 Å². The zero-order chi connectivity index (χ0) is 17.1. The lowest BCUT2D eigenvalue weighted by Crippen LogP contribution is -1.91. The quantitative estimate of drug-likeness (QED) is 0.599.